The van der Waals surface area contributed by atoms with Crippen molar-refractivity contribution in [3.63, 3.8) is 0 Å². The van der Waals surface area contributed by atoms with Crippen molar-refractivity contribution >= 4 is 15.8 Å². The summed E-state index contributed by atoms with van der Waals surface area (Å²) >= 11 is 0. The van der Waals surface area contributed by atoms with E-state index in [2.05, 4.69) is 19.9 Å². The molecule has 30 heavy (non-hydrogen) atoms. The van der Waals surface area contributed by atoms with Gasteiger partial charge in [0, 0.05) is 37.9 Å². The molecule has 0 N–H and O–H groups in total. The molecule has 0 atom stereocenters. The van der Waals surface area contributed by atoms with E-state index >= 15 is 0 Å². The number of hydrogen-bond donors (Lipinski definition) is 0. The number of aromatic nitrogens is 4. The largest absolute Gasteiger partial charge is 0.354 e. The summed E-state index contributed by atoms with van der Waals surface area (Å²) in [4.78, 5) is 15.9. The van der Waals surface area contributed by atoms with Crippen LogP contribution in [0.15, 0.2) is 41.6 Å². The normalized spacial score (nSPS) is 15.5. The van der Waals surface area contributed by atoms with Gasteiger partial charge in [0.1, 0.15) is 23.8 Å². The first kappa shape index (κ1) is 20.5. The number of hydrogen-bond acceptors (Lipinski definition) is 6. The molecule has 8 nitrogen and oxygen atoms in total. The third-order valence-corrected chi connectivity index (χ3v) is 7.44. The molecule has 0 spiro atoms. The van der Waals surface area contributed by atoms with E-state index in [-0.39, 0.29) is 0 Å². The molecule has 0 unspecified atom stereocenters. The number of piperazine rings is 1. The van der Waals surface area contributed by atoms with Gasteiger partial charge >= 0.3 is 0 Å². The Hall–Kier alpha value is -2.78. The van der Waals surface area contributed by atoms with Crippen molar-refractivity contribution in [3.8, 4) is 5.82 Å². The SMILES string of the molecule is Cc1ccc(S(=O)(=O)N2CCN(c3cc(-n4cnc(C)c4C)nc(C)n3)CC2)cc1. The van der Waals surface area contributed by atoms with E-state index in [0.717, 1.165) is 28.6 Å². The number of anilines is 1. The van der Waals surface area contributed by atoms with Crippen molar-refractivity contribution < 1.29 is 8.42 Å². The standard InChI is InChI=1S/C21H26N6O2S/c1-15-5-7-19(8-6-15)30(28,29)26-11-9-25(10-12-26)20-13-21(24-18(4)23-20)27-14-22-16(2)17(27)3/h5-8,13-14H,9-12H2,1-4H3. The zero-order valence-electron chi connectivity index (χ0n) is 17.7. The molecule has 9 heteroatoms. The lowest BCUT2D eigenvalue weighted by molar-refractivity contribution is 0.383. The summed E-state index contributed by atoms with van der Waals surface area (Å²) in [6.45, 7) is 9.76. The fraction of sp³-hybridized carbons (Fsp3) is 0.381. The summed E-state index contributed by atoms with van der Waals surface area (Å²) in [5.74, 6) is 2.24. The average Bonchev–Trinajstić information content (AvgIpc) is 3.06. The smallest absolute Gasteiger partial charge is 0.243 e. The van der Waals surface area contributed by atoms with Crippen LogP contribution in [0.1, 0.15) is 22.8 Å². The van der Waals surface area contributed by atoms with E-state index in [1.807, 2.05) is 50.5 Å². The molecule has 158 valence electrons. The van der Waals surface area contributed by atoms with Crippen LogP contribution in [0.25, 0.3) is 5.82 Å². The summed E-state index contributed by atoms with van der Waals surface area (Å²) in [5, 5.41) is 0. The second-order valence-electron chi connectivity index (χ2n) is 7.62. The summed E-state index contributed by atoms with van der Waals surface area (Å²) in [5.41, 5.74) is 3.04. The van der Waals surface area contributed by atoms with E-state index in [9.17, 15) is 8.42 Å². The Kier molecular flexibility index (Phi) is 5.33. The molecule has 0 aliphatic carbocycles. The van der Waals surface area contributed by atoms with Crippen LogP contribution in [-0.2, 0) is 10.0 Å². The van der Waals surface area contributed by atoms with Gasteiger partial charge < -0.3 is 4.90 Å². The summed E-state index contributed by atoms with van der Waals surface area (Å²) in [7, 11) is -3.49. The van der Waals surface area contributed by atoms with Crippen LogP contribution in [0.4, 0.5) is 5.82 Å². The molecular formula is C21H26N6O2S. The Morgan fingerprint density at radius 3 is 2.10 bits per heavy atom. The number of rotatable bonds is 4. The summed E-state index contributed by atoms with van der Waals surface area (Å²) in [6.07, 6.45) is 1.77. The van der Waals surface area contributed by atoms with E-state index in [0.29, 0.717) is 36.9 Å². The Balaban J connectivity index is 1.53. The fourth-order valence-electron chi connectivity index (χ4n) is 3.57. The quantitative estimate of drug-likeness (QED) is 0.637. The van der Waals surface area contributed by atoms with Gasteiger partial charge in [-0.2, -0.15) is 4.31 Å². The van der Waals surface area contributed by atoms with Crippen LogP contribution >= 0.6 is 0 Å². The van der Waals surface area contributed by atoms with Crippen molar-refractivity contribution in [1.82, 2.24) is 23.8 Å². The highest BCUT2D eigenvalue weighted by Gasteiger charge is 2.29. The zero-order chi connectivity index (χ0) is 21.5. The maximum atomic E-state index is 12.9. The lowest BCUT2D eigenvalue weighted by Crippen LogP contribution is -2.49. The Morgan fingerprint density at radius 1 is 0.867 bits per heavy atom. The van der Waals surface area contributed by atoms with Crippen molar-refractivity contribution in [3.05, 3.63) is 59.4 Å². The van der Waals surface area contributed by atoms with Crippen LogP contribution in [0.5, 0.6) is 0 Å². The van der Waals surface area contributed by atoms with Gasteiger partial charge in [0.25, 0.3) is 0 Å². The Labute approximate surface area is 177 Å². The van der Waals surface area contributed by atoms with E-state index in [1.54, 1.807) is 22.8 Å². The predicted molar refractivity (Wildman–Crippen MR) is 116 cm³/mol. The summed E-state index contributed by atoms with van der Waals surface area (Å²) < 4.78 is 29.4. The number of imidazole rings is 1. The minimum absolute atomic E-state index is 0.340. The minimum atomic E-state index is -3.49. The maximum Gasteiger partial charge on any atom is 0.243 e. The van der Waals surface area contributed by atoms with Crippen molar-refractivity contribution in [2.75, 3.05) is 31.1 Å². The molecule has 1 aromatic carbocycles. The zero-order valence-corrected chi connectivity index (χ0v) is 18.5. The molecule has 0 bridgehead atoms. The molecule has 3 aromatic rings. The molecule has 1 saturated heterocycles. The van der Waals surface area contributed by atoms with E-state index in [1.165, 1.54) is 0 Å². The van der Waals surface area contributed by atoms with Gasteiger partial charge in [-0.15, -0.1) is 0 Å². The predicted octanol–water partition coefficient (Wildman–Crippen LogP) is 2.41. The first-order chi connectivity index (χ1) is 14.3. The molecule has 2 aromatic heterocycles. The van der Waals surface area contributed by atoms with Crippen molar-refractivity contribution in [1.29, 1.82) is 0 Å². The fourth-order valence-corrected chi connectivity index (χ4v) is 4.99. The highest BCUT2D eigenvalue weighted by Crippen LogP contribution is 2.22. The average molecular weight is 427 g/mol. The molecule has 0 radical (unpaired) electrons. The molecule has 1 aliphatic rings. The van der Waals surface area contributed by atoms with Gasteiger partial charge in [0.05, 0.1) is 10.6 Å². The van der Waals surface area contributed by atoms with Crippen LogP contribution in [0.2, 0.25) is 0 Å². The first-order valence-corrected chi connectivity index (χ1v) is 11.4. The number of sulfonamides is 1. The van der Waals surface area contributed by atoms with Gasteiger partial charge in [-0.25, -0.2) is 23.4 Å². The topological polar surface area (TPSA) is 84.2 Å². The van der Waals surface area contributed by atoms with Gasteiger partial charge in [0.2, 0.25) is 10.0 Å². The maximum absolute atomic E-state index is 12.9. The van der Waals surface area contributed by atoms with Crippen molar-refractivity contribution in [2.24, 2.45) is 0 Å². The van der Waals surface area contributed by atoms with Crippen LogP contribution in [0.3, 0.4) is 0 Å². The molecule has 4 rings (SSSR count). The molecule has 0 saturated carbocycles. The minimum Gasteiger partial charge on any atom is -0.354 e. The molecule has 0 amide bonds. The van der Waals surface area contributed by atoms with Crippen LogP contribution < -0.4 is 4.90 Å². The number of aryl methyl sites for hydroxylation is 3. The van der Waals surface area contributed by atoms with E-state index in [4.69, 9.17) is 0 Å². The van der Waals surface area contributed by atoms with E-state index < -0.39 is 10.0 Å². The lowest BCUT2D eigenvalue weighted by atomic mass is 10.2. The van der Waals surface area contributed by atoms with Gasteiger partial charge in [-0.1, -0.05) is 17.7 Å². The molecular weight excluding hydrogens is 400 g/mol. The van der Waals surface area contributed by atoms with Gasteiger partial charge in [-0.3, -0.25) is 4.57 Å². The number of benzene rings is 1. The van der Waals surface area contributed by atoms with Crippen molar-refractivity contribution in [2.45, 2.75) is 32.6 Å². The monoisotopic (exact) mass is 426 g/mol. The lowest BCUT2D eigenvalue weighted by Gasteiger charge is -2.34. The van der Waals surface area contributed by atoms with Crippen LogP contribution in [-0.4, -0.2) is 58.4 Å². The van der Waals surface area contributed by atoms with Gasteiger partial charge in [0.15, 0.2) is 0 Å². The second-order valence-corrected chi connectivity index (χ2v) is 9.56. The third-order valence-electron chi connectivity index (χ3n) is 5.53. The summed E-state index contributed by atoms with van der Waals surface area (Å²) in [6, 6.07) is 8.94. The third kappa shape index (κ3) is 3.82. The van der Waals surface area contributed by atoms with Gasteiger partial charge in [-0.05, 0) is 39.8 Å². The second kappa shape index (κ2) is 7.81. The Morgan fingerprint density at radius 2 is 1.50 bits per heavy atom. The Bertz CT molecular complexity index is 1160. The molecule has 1 fully saturated rings. The highest BCUT2D eigenvalue weighted by molar-refractivity contribution is 7.89. The molecule has 1 aliphatic heterocycles. The number of nitrogens with zero attached hydrogens (tertiary/aromatic N) is 6. The molecule has 3 heterocycles. The highest BCUT2D eigenvalue weighted by atomic mass is 32.2. The first-order valence-electron chi connectivity index (χ1n) is 9.94. The van der Waals surface area contributed by atoms with Crippen LogP contribution in [0, 0.1) is 27.7 Å².